The molecule has 0 aliphatic rings. The van der Waals surface area contributed by atoms with Gasteiger partial charge >= 0.3 is 0 Å². The first-order valence-corrected chi connectivity index (χ1v) is 6.94. The molecule has 0 spiro atoms. The molecule has 0 radical (unpaired) electrons. The van der Waals surface area contributed by atoms with E-state index in [9.17, 15) is 5.11 Å². The number of unbranched alkanes of at least 4 members (excludes halogenated alkanes) is 2. The molecule has 2 aromatic rings. The van der Waals surface area contributed by atoms with E-state index in [1.807, 2.05) is 24.3 Å². The largest absolute Gasteiger partial charge is 0.508 e. The third-order valence-electron chi connectivity index (χ3n) is 3.68. The summed E-state index contributed by atoms with van der Waals surface area (Å²) in [4.78, 5) is 0. The molecule has 0 saturated carbocycles. The molecule has 0 aliphatic heterocycles. The second kappa shape index (κ2) is 5.90. The van der Waals surface area contributed by atoms with Gasteiger partial charge in [-0.1, -0.05) is 63.4 Å². The van der Waals surface area contributed by atoms with Crippen molar-refractivity contribution in [1.82, 2.24) is 0 Å². The SMILES string of the molecule is CCCCCC(C)c1c(O)ccc2ccccc12. The van der Waals surface area contributed by atoms with Gasteiger partial charge in [-0.15, -0.1) is 0 Å². The highest BCUT2D eigenvalue weighted by molar-refractivity contribution is 5.88. The maximum atomic E-state index is 10.1. The monoisotopic (exact) mass is 242 g/mol. The topological polar surface area (TPSA) is 20.2 Å². The number of phenolic OH excluding ortho intramolecular Hbond substituents is 1. The van der Waals surface area contributed by atoms with E-state index in [1.54, 1.807) is 0 Å². The maximum Gasteiger partial charge on any atom is 0.119 e. The molecule has 0 saturated heterocycles. The van der Waals surface area contributed by atoms with Crippen LogP contribution < -0.4 is 0 Å². The van der Waals surface area contributed by atoms with Crippen LogP contribution in [0.2, 0.25) is 0 Å². The number of hydrogen-bond donors (Lipinski definition) is 1. The van der Waals surface area contributed by atoms with E-state index >= 15 is 0 Å². The van der Waals surface area contributed by atoms with Gasteiger partial charge in [0.15, 0.2) is 0 Å². The summed E-state index contributed by atoms with van der Waals surface area (Å²) >= 11 is 0. The minimum absolute atomic E-state index is 0.419. The van der Waals surface area contributed by atoms with Crippen LogP contribution in [0.1, 0.15) is 51.0 Å². The zero-order valence-electron chi connectivity index (χ0n) is 11.3. The lowest BCUT2D eigenvalue weighted by atomic mass is 9.90. The fourth-order valence-corrected chi connectivity index (χ4v) is 2.65. The molecule has 0 aromatic heterocycles. The van der Waals surface area contributed by atoms with E-state index < -0.39 is 0 Å². The van der Waals surface area contributed by atoms with Crippen molar-refractivity contribution in [3.05, 3.63) is 42.0 Å². The summed E-state index contributed by atoms with van der Waals surface area (Å²) in [6.45, 7) is 4.44. The lowest BCUT2D eigenvalue weighted by Gasteiger charge is -2.16. The van der Waals surface area contributed by atoms with Gasteiger partial charge < -0.3 is 5.11 Å². The van der Waals surface area contributed by atoms with Gasteiger partial charge in [0.05, 0.1) is 0 Å². The molecule has 0 aliphatic carbocycles. The first-order chi connectivity index (χ1) is 8.74. The molecule has 2 rings (SSSR count). The Kier molecular flexibility index (Phi) is 4.24. The van der Waals surface area contributed by atoms with E-state index in [0.29, 0.717) is 11.7 Å². The Bertz CT molecular complexity index is 516. The predicted octanol–water partition coefficient (Wildman–Crippen LogP) is 5.23. The van der Waals surface area contributed by atoms with Crippen LogP contribution in [0, 0.1) is 0 Å². The summed E-state index contributed by atoms with van der Waals surface area (Å²) in [5.41, 5.74) is 1.12. The van der Waals surface area contributed by atoms with Crippen molar-refractivity contribution in [1.29, 1.82) is 0 Å². The number of fused-ring (bicyclic) bond motifs is 1. The van der Waals surface area contributed by atoms with Crippen molar-refractivity contribution in [3.8, 4) is 5.75 Å². The lowest BCUT2D eigenvalue weighted by Crippen LogP contribution is -1.96. The van der Waals surface area contributed by atoms with Crippen molar-refractivity contribution in [2.75, 3.05) is 0 Å². The van der Waals surface area contributed by atoms with E-state index in [4.69, 9.17) is 0 Å². The van der Waals surface area contributed by atoms with Gasteiger partial charge in [0.1, 0.15) is 5.75 Å². The number of aromatic hydroxyl groups is 1. The fraction of sp³-hybridized carbons (Fsp3) is 0.412. The normalized spacial score (nSPS) is 12.8. The Balaban J connectivity index is 2.33. The van der Waals surface area contributed by atoms with E-state index in [-0.39, 0.29) is 0 Å². The van der Waals surface area contributed by atoms with Crippen molar-refractivity contribution in [2.24, 2.45) is 0 Å². The molecule has 0 amide bonds. The highest BCUT2D eigenvalue weighted by Crippen LogP contribution is 2.35. The van der Waals surface area contributed by atoms with Crippen molar-refractivity contribution >= 4 is 10.8 Å². The van der Waals surface area contributed by atoms with Crippen molar-refractivity contribution in [3.63, 3.8) is 0 Å². The molecule has 1 atom stereocenters. The zero-order valence-corrected chi connectivity index (χ0v) is 11.3. The molecule has 1 heteroatoms. The van der Waals surface area contributed by atoms with Gasteiger partial charge in [-0.2, -0.15) is 0 Å². The van der Waals surface area contributed by atoms with E-state index in [2.05, 4.69) is 26.0 Å². The van der Waals surface area contributed by atoms with Crippen LogP contribution in [0.15, 0.2) is 36.4 Å². The number of hydrogen-bond acceptors (Lipinski definition) is 1. The van der Waals surface area contributed by atoms with Crippen LogP contribution in [-0.4, -0.2) is 5.11 Å². The second-order valence-electron chi connectivity index (χ2n) is 5.12. The molecule has 2 aromatic carbocycles. The molecule has 0 bridgehead atoms. The smallest absolute Gasteiger partial charge is 0.119 e. The molecular formula is C17H22O. The van der Waals surface area contributed by atoms with Crippen LogP contribution in [-0.2, 0) is 0 Å². The summed E-state index contributed by atoms with van der Waals surface area (Å²) in [6, 6.07) is 12.1. The number of phenols is 1. The standard InChI is InChI=1S/C17H22O/c1-3-4-5-8-13(2)17-15-10-7-6-9-14(15)11-12-16(17)18/h6-7,9-13,18H,3-5,8H2,1-2H3. The predicted molar refractivity (Wildman–Crippen MR) is 78.2 cm³/mol. The highest BCUT2D eigenvalue weighted by Gasteiger charge is 2.13. The summed E-state index contributed by atoms with van der Waals surface area (Å²) in [5.74, 6) is 0.861. The summed E-state index contributed by atoms with van der Waals surface area (Å²) in [7, 11) is 0. The van der Waals surface area contributed by atoms with Crippen LogP contribution in [0.4, 0.5) is 0 Å². The van der Waals surface area contributed by atoms with E-state index in [0.717, 1.165) is 12.0 Å². The Morgan fingerprint density at radius 2 is 1.83 bits per heavy atom. The molecule has 18 heavy (non-hydrogen) atoms. The number of benzene rings is 2. The van der Waals surface area contributed by atoms with Gasteiger partial charge in [0.25, 0.3) is 0 Å². The molecular weight excluding hydrogens is 220 g/mol. The fourth-order valence-electron chi connectivity index (χ4n) is 2.65. The van der Waals surface area contributed by atoms with Gasteiger partial charge in [-0.25, -0.2) is 0 Å². The average Bonchev–Trinajstić information content (AvgIpc) is 2.38. The Labute approximate surface area is 109 Å². The highest BCUT2D eigenvalue weighted by atomic mass is 16.3. The zero-order chi connectivity index (χ0) is 13.0. The van der Waals surface area contributed by atoms with Crippen molar-refractivity contribution in [2.45, 2.75) is 45.4 Å². The quantitative estimate of drug-likeness (QED) is 0.712. The minimum atomic E-state index is 0.419. The van der Waals surface area contributed by atoms with Crippen LogP contribution >= 0.6 is 0 Å². The molecule has 1 nitrogen and oxygen atoms in total. The summed E-state index contributed by atoms with van der Waals surface area (Å²) < 4.78 is 0. The van der Waals surface area contributed by atoms with Gasteiger partial charge in [-0.3, -0.25) is 0 Å². The first-order valence-electron chi connectivity index (χ1n) is 6.94. The Morgan fingerprint density at radius 1 is 1.06 bits per heavy atom. The van der Waals surface area contributed by atoms with Gasteiger partial charge in [0, 0.05) is 5.56 Å². The Hall–Kier alpha value is -1.50. The van der Waals surface area contributed by atoms with Crippen LogP contribution in [0.25, 0.3) is 10.8 Å². The first kappa shape index (κ1) is 12.9. The maximum absolute atomic E-state index is 10.1. The average molecular weight is 242 g/mol. The molecule has 96 valence electrons. The van der Waals surface area contributed by atoms with Crippen LogP contribution in [0.5, 0.6) is 5.75 Å². The second-order valence-corrected chi connectivity index (χ2v) is 5.12. The van der Waals surface area contributed by atoms with Gasteiger partial charge in [-0.05, 0) is 29.2 Å². The van der Waals surface area contributed by atoms with Gasteiger partial charge in [0.2, 0.25) is 0 Å². The van der Waals surface area contributed by atoms with Crippen LogP contribution in [0.3, 0.4) is 0 Å². The molecule has 1 N–H and O–H groups in total. The molecule has 1 unspecified atom stereocenters. The third-order valence-corrected chi connectivity index (χ3v) is 3.68. The Morgan fingerprint density at radius 3 is 2.61 bits per heavy atom. The van der Waals surface area contributed by atoms with Crippen molar-refractivity contribution < 1.29 is 5.11 Å². The lowest BCUT2D eigenvalue weighted by molar-refractivity contribution is 0.460. The molecule has 0 heterocycles. The summed E-state index contributed by atoms with van der Waals surface area (Å²) in [6.07, 6.45) is 4.90. The molecule has 0 fully saturated rings. The number of rotatable bonds is 5. The van der Waals surface area contributed by atoms with E-state index in [1.165, 1.54) is 30.0 Å². The minimum Gasteiger partial charge on any atom is -0.508 e. The summed E-state index contributed by atoms with van der Waals surface area (Å²) in [5, 5.41) is 12.5. The third kappa shape index (κ3) is 2.66.